The van der Waals surface area contributed by atoms with Crippen LogP contribution in [0.4, 0.5) is 0 Å². The van der Waals surface area contributed by atoms with Gasteiger partial charge in [-0.15, -0.1) is 0 Å². The van der Waals surface area contributed by atoms with Gasteiger partial charge in [-0.3, -0.25) is 4.79 Å². The first-order chi connectivity index (χ1) is 11.6. The maximum Gasteiger partial charge on any atom is 0.222 e. The fourth-order valence-corrected chi connectivity index (χ4v) is 3.63. The Hall–Kier alpha value is -1.87. The summed E-state index contributed by atoms with van der Waals surface area (Å²) in [6, 6.07) is 14.9. The third-order valence-corrected chi connectivity index (χ3v) is 5.16. The SMILES string of the molecule is CC(O)C1CCCN(C(=O)CCCc2ccc3ccccc3c2)C1. The lowest BCUT2D eigenvalue weighted by Crippen LogP contribution is -2.42. The van der Waals surface area contributed by atoms with E-state index in [1.165, 1.54) is 16.3 Å². The van der Waals surface area contributed by atoms with Gasteiger partial charge in [-0.2, -0.15) is 0 Å². The molecule has 1 heterocycles. The van der Waals surface area contributed by atoms with Crippen molar-refractivity contribution in [2.75, 3.05) is 13.1 Å². The largest absolute Gasteiger partial charge is 0.393 e. The normalized spacial score (nSPS) is 19.4. The second-order valence-electron chi connectivity index (χ2n) is 7.02. The molecule has 2 aromatic rings. The highest BCUT2D eigenvalue weighted by Crippen LogP contribution is 2.21. The smallest absolute Gasteiger partial charge is 0.222 e. The number of piperidine rings is 1. The molecule has 0 aliphatic carbocycles. The molecule has 1 aliphatic heterocycles. The van der Waals surface area contributed by atoms with Crippen LogP contribution in [0.15, 0.2) is 42.5 Å². The first-order valence-corrected chi connectivity index (χ1v) is 9.07. The van der Waals surface area contributed by atoms with Gasteiger partial charge in [-0.25, -0.2) is 0 Å². The number of benzene rings is 2. The van der Waals surface area contributed by atoms with Crippen molar-refractivity contribution in [2.45, 2.75) is 45.1 Å². The van der Waals surface area contributed by atoms with Gasteiger partial charge in [0.05, 0.1) is 6.10 Å². The molecule has 3 heteroatoms. The van der Waals surface area contributed by atoms with E-state index < -0.39 is 0 Å². The van der Waals surface area contributed by atoms with E-state index in [0.717, 1.165) is 32.2 Å². The quantitative estimate of drug-likeness (QED) is 0.909. The third-order valence-electron chi connectivity index (χ3n) is 5.16. The van der Waals surface area contributed by atoms with Crippen LogP contribution in [0.1, 0.15) is 38.2 Å². The molecule has 0 saturated carbocycles. The fraction of sp³-hybridized carbons (Fsp3) is 0.476. The summed E-state index contributed by atoms with van der Waals surface area (Å²) >= 11 is 0. The molecule has 2 unspecified atom stereocenters. The van der Waals surface area contributed by atoms with Crippen LogP contribution >= 0.6 is 0 Å². The van der Waals surface area contributed by atoms with Crippen LogP contribution in [-0.2, 0) is 11.2 Å². The van der Waals surface area contributed by atoms with Gasteiger partial charge in [0.15, 0.2) is 0 Å². The minimum absolute atomic E-state index is 0.237. The van der Waals surface area contributed by atoms with E-state index >= 15 is 0 Å². The van der Waals surface area contributed by atoms with E-state index in [1.54, 1.807) is 0 Å². The average molecular weight is 325 g/mol. The average Bonchev–Trinajstić information content (AvgIpc) is 2.61. The zero-order valence-electron chi connectivity index (χ0n) is 14.4. The van der Waals surface area contributed by atoms with E-state index in [9.17, 15) is 9.90 Å². The summed E-state index contributed by atoms with van der Waals surface area (Å²) in [5.41, 5.74) is 1.29. The third kappa shape index (κ3) is 4.15. The highest BCUT2D eigenvalue weighted by atomic mass is 16.3. The Bertz CT molecular complexity index is 695. The number of aryl methyl sites for hydroxylation is 1. The highest BCUT2D eigenvalue weighted by molar-refractivity contribution is 5.83. The lowest BCUT2D eigenvalue weighted by molar-refractivity contribution is -0.133. The molecule has 0 radical (unpaired) electrons. The molecule has 128 valence electrons. The number of rotatable bonds is 5. The Morgan fingerprint density at radius 2 is 2.04 bits per heavy atom. The Labute approximate surface area is 144 Å². The monoisotopic (exact) mass is 325 g/mol. The molecule has 3 rings (SSSR count). The van der Waals surface area contributed by atoms with Crippen LogP contribution in [0.25, 0.3) is 10.8 Å². The molecule has 2 atom stereocenters. The Kier molecular flexibility index (Phi) is 5.52. The van der Waals surface area contributed by atoms with Crippen molar-refractivity contribution in [2.24, 2.45) is 5.92 Å². The van der Waals surface area contributed by atoms with Gasteiger partial charge in [0.1, 0.15) is 0 Å². The van der Waals surface area contributed by atoms with E-state index in [4.69, 9.17) is 0 Å². The van der Waals surface area contributed by atoms with Crippen molar-refractivity contribution in [1.29, 1.82) is 0 Å². The minimum Gasteiger partial charge on any atom is -0.393 e. The van der Waals surface area contributed by atoms with Gasteiger partial charge < -0.3 is 10.0 Å². The number of carbonyl (C=O) groups is 1. The second-order valence-corrected chi connectivity index (χ2v) is 7.02. The number of carbonyl (C=O) groups excluding carboxylic acids is 1. The number of likely N-dealkylation sites (tertiary alicyclic amines) is 1. The van der Waals surface area contributed by atoms with Crippen molar-refractivity contribution in [1.82, 2.24) is 4.90 Å². The lowest BCUT2D eigenvalue weighted by atomic mass is 9.93. The summed E-state index contributed by atoms with van der Waals surface area (Å²) in [6.07, 6.45) is 4.12. The molecular weight excluding hydrogens is 298 g/mol. The summed E-state index contributed by atoms with van der Waals surface area (Å²) < 4.78 is 0. The molecule has 0 bridgehead atoms. The maximum atomic E-state index is 12.4. The van der Waals surface area contributed by atoms with E-state index in [1.807, 2.05) is 11.8 Å². The van der Waals surface area contributed by atoms with Gasteiger partial charge >= 0.3 is 0 Å². The summed E-state index contributed by atoms with van der Waals surface area (Å²) in [4.78, 5) is 14.4. The Balaban J connectivity index is 1.50. The van der Waals surface area contributed by atoms with E-state index in [-0.39, 0.29) is 17.9 Å². The van der Waals surface area contributed by atoms with Crippen molar-refractivity contribution < 1.29 is 9.90 Å². The zero-order valence-corrected chi connectivity index (χ0v) is 14.4. The Morgan fingerprint density at radius 3 is 2.83 bits per heavy atom. The van der Waals surface area contributed by atoms with Crippen LogP contribution in [0.3, 0.4) is 0 Å². The van der Waals surface area contributed by atoms with Crippen molar-refractivity contribution in [3.63, 3.8) is 0 Å². The molecule has 3 nitrogen and oxygen atoms in total. The highest BCUT2D eigenvalue weighted by Gasteiger charge is 2.25. The molecule has 24 heavy (non-hydrogen) atoms. The predicted octanol–water partition coefficient (Wildman–Crippen LogP) is 3.78. The van der Waals surface area contributed by atoms with Crippen molar-refractivity contribution >= 4 is 16.7 Å². The molecule has 1 amide bonds. The number of aliphatic hydroxyl groups is 1. The molecule has 2 aromatic carbocycles. The van der Waals surface area contributed by atoms with Crippen molar-refractivity contribution in [3.05, 3.63) is 48.0 Å². The number of fused-ring (bicyclic) bond motifs is 1. The van der Waals surface area contributed by atoms with Crippen molar-refractivity contribution in [3.8, 4) is 0 Å². The maximum absolute atomic E-state index is 12.4. The summed E-state index contributed by atoms with van der Waals surface area (Å²) in [6.45, 7) is 3.39. The topological polar surface area (TPSA) is 40.5 Å². The number of aliphatic hydroxyl groups excluding tert-OH is 1. The summed E-state index contributed by atoms with van der Waals surface area (Å²) in [7, 11) is 0. The van der Waals surface area contributed by atoms with Gasteiger partial charge in [-0.05, 0) is 48.9 Å². The van der Waals surface area contributed by atoms with E-state index in [0.29, 0.717) is 13.0 Å². The molecular formula is C21H27NO2. The molecule has 0 aromatic heterocycles. The molecule has 0 spiro atoms. The van der Waals surface area contributed by atoms with Crippen LogP contribution in [0, 0.1) is 5.92 Å². The number of nitrogens with zero attached hydrogens (tertiary/aromatic N) is 1. The molecule has 1 saturated heterocycles. The first-order valence-electron chi connectivity index (χ1n) is 9.07. The van der Waals surface area contributed by atoms with Crippen LogP contribution in [0.2, 0.25) is 0 Å². The minimum atomic E-state index is -0.321. The standard InChI is InChI=1S/C21H27NO2/c1-16(23)20-9-5-13-22(15-20)21(24)10-4-6-17-11-12-18-7-2-3-8-19(18)14-17/h2-3,7-8,11-12,14,16,20,23H,4-6,9-10,13,15H2,1H3. The molecule has 1 fully saturated rings. The van der Waals surface area contributed by atoms with Gasteiger partial charge in [-0.1, -0.05) is 42.5 Å². The molecule has 1 N–H and O–H groups in total. The number of hydrogen-bond acceptors (Lipinski definition) is 2. The second kappa shape index (κ2) is 7.80. The lowest BCUT2D eigenvalue weighted by Gasteiger charge is -2.34. The Morgan fingerprint density at radius 1 is 1.25 bits per heavy atom. The van der Waals surface area contributed by atoms with E-state index in [2.05, 4.69) is 42.5 Å². The zero-order chi connectivity index (χ0) is 16.9. The first kappa shape index (κ1) is 17.0. The van der Waals surface area contributed by atoms with Crippen LogP contribution < -0.4 is 0 Å². The summed E-state index contributed by atoms with van der Waals surface area (Å²) in [5, 5.41) is 12.3. The number of hydrogen-bond donors (Lipinski definition) is 1. The predicted molar refractivity (Wildman–Crippen MR) is 97.9 cm³/mol. The number of amides is 1. The molecule has 1 aliphatic rings. The van der Waals surface area contributed by atoms with Crippen LogP contribution in [0.5, 0.6) is 0 Å². The van der Waals surface area contributed by atoms with Crippen LogP contribution in [-0.4, -0.2) is 35.1 Å². The van der Waals surface area contributed by atoms with Gasteiger partial charge in [0, 0.05) is 25.4 Å². The van der Waals surface area contributed by atoms with Gasteiger partial charge in [0.2, 0.25) is 5.91 Å². The summed E-state index contributed by atoms with van der Waals surface area (Å²) in [5.74, 6) is 0.476. The van der Waals surface area contributed by atoms with Gasteiger partial charge in [0.25, 0.3) is 0 Å². The fourth-order valence-electron chi connectivity index (χ4n) is 3.63.